The highest BCUT2D eigenvalue weighted by Crippen LogP contribution is 2.35. The van der Waals surface area contributed by atoms with Crippen LogP contribution in [0.4, 0.5) is 9.18 Å². The molecule has 0 aliphatic carbocycles. The number of imide groups is 1. The summed E-state index contributed by atoms with van der Waals surface area (Å²) < 4.78 is 15.6. The van der Waals surface area contributed by atoms with Crippen molar-refractivity contribution in [1.29, 1.82) is 0 Å². The van der Waals surface area contributed by atoms with Gasteiger partial charge in [0, 0.05) is 16.1 Å². The van der Waals surface area contributed by atoms with Crippen LogP contribution in [-0.4, -0.2) is 32.8 Å². The Morgan fingerprint density at radius 3 is 2.41 bits per heavy atom. The number of amides is 3. The van der Waals surface area contributed by atoms with Gasteiger partial charge < -0.3 is 10.4 Å². The van der Waals surface area contributed by atoms with Crippen LogP contribution < -0.4 is 10.6 Å². The summed E-state index contributed by atoms with van der Waals surface area (Å²) in [6.45, 7) is 0. The van der Waals surface area contributed by atoms with E-state index in [0.29, 0.717) is 10.6 Å². The molecule has 0 saturated carbocycles. The number of carboxylic acid groups (broad SMARTS) is 1. The van der Waals surface area contributed by atoms with Gasteiger partial charge in [0.05, 0.1) is 5.69 Å². The van der Waals surface area contributed by atoms with Gasteiger partial charge in [-0.1, -0.05) is 35.9 Å². The van der Waals surface area contributed by atoms with Crippen LogP contribution >= 0.6 is 11.6 Å². The SMILES string of the molecule is O=C1NC(=O)C(c2c(C(=O)O)nn(-c3ccccc3F)c2-c2ccc(Cl)cc2)N1. The van der Waals surface area contributed by atoms with Crippen molar-refractivity contribution in [2.24, 2.45) is 0 Å². The summed E-state index contributed by atoms with van der Waals surface area (Å²) in [7, 11) is 0. The number of nitrogens with one attached hydrogen (secondary N) is 2. The summed E-state index contributed by atoms with van der Waals surface area (Å²) in [5.41, 5.74) is 0.0102. The standard InChI is InChI=1S/C19H12ClFN4O4/c20-10-7-5-9(6-8-10)16-13(14-17(26)23-19(29)22-14)15(18(27)28)24-25(16)12-4-2-1-3-11(12)21/h1-8,14H,(H,27,28)(H2,22,23,26,29). The second kappa shape index (κ2) is 7.02. The lowest BCUT2D eigenvalue weighted by atomic mass is 9.99. The molecule has 1 aliphatic rings. The van der Waals surface area contributed by atoms with Crippen LogP contribution in [-0.2, 0) is 4.79 Å². The average Bonchev–Trinajstić information content (AvgIpc) is 3.22. The van der Waals surface area contributed by atoms with E-state index in [4.69, 9.17) is 11.6 Å². The molecule has 1 unspecified atom stereocenters. The maximum absolute atomic E-state index is 14.5. The molecule has 0 radical (unpaired) electrons. The molecule has 10 heteroatoms. The number of carbonyl (C=O) groups excluding carboxylic acids is 2. The summed E-state index contributed by atoms with van der Waals surface area (Å²) in [4.78, 5) is 35.8. The Hall–Kier alpha value is -3.72. The van der Waals surface area contributed by atoms with Gasteiger partial charge in [0.2, 0.25) is 0 Å². The normalized spacial score (nSPS) is 15.9. The molecule has 29 heavy (non-hydrogen) atoms. The highest BCUT2D eigenvalue weighted by atomic mass is 35.5. The van der Waals surface area contributed by atoms with E-state index >= 15 is 0 Å². The van der Waals surface area contributed by atoms with Crippen LogP contribution in [0.3, 0.4) is 0 Å². The number of nitrogens with zero attached hydrogens (tertiary/aromatic N) is 2. The zero-order valence-corrected chi connectivity index (χ0v) is 15.3. The Labute approximate surface area is 167 Å². The van der Waals surface area contributed by atoms with E-state index in [1.165, 1.54) is 18.2 Å². The van der Waals surface area contributed by atoms with Crippen LogP contribution in [0.1, 0.15) is 22.1 Å². The fourth-order valence-corrected chi connectivity index (χ4v) is 3.29. The fourth-order valence-electron chi connectivity index (χ4n) is 3.16. The minimum Gasteiger partial charge on any atom is -0.476 e. The molecule has 0 bridgehead atoms. The number of benzene rings is 2. The topological polar surface area (TPSA) is 113 Å². The minimum absolute atomic E-state index is 0.0177. The molecule has 3 amide bonds. The van der Waals surface area contributed by atoms with Gasteiger partial charge in [0.1, 0.15) is 17.5 Å². The molecule has 2 heterocycles. The summed E-state index contributed by atoms with van der Waals surface area (Å²) in [5.74, 6) is -2.81. The molecule has 3 aromatic rings. The summed E-state index contributed by atoms with van der Waals surface area (Å²) in [5, 5.41) is 18.6. The third kappa shape index (κ3) is 3.21. The number of para-hydroxylation sites is 1. The highest BCUT2D eigenvalue weighted by Gasteiger charge is 2.39. The lowest BCUT2D eigenvalue weighted by molar-refractivity contribution is -0.120. The van der Waals surface area contributed by atoms with Gasteiger partial charge >= 0.3 is 12.0 Å². The summed E-state index contributed by atoms with van der Waals surface area (Å²) in [6.07, 6.45) is 0. The van der Waals surface area contributed by atoms with Crippen molar-refractivity contribution in [2.75, 3.05) is 0 Å². The van der Waals surface area contributed by atoms with Crippen LogP contribution in [0.5, 0.6) is 0 Å². The first-order chi connectivity index (χ1) is 13.9. The van der Waals surface area contributed by atoms with E-state index in [2.05, 4.69) is 15.7 Å². The number of aromatic nitrogens is 2. The number of halogens is 2. The van der Waals surface area contributed by atoms with Crippen molar-refractivity contribution in [3.05, 3.63) is 70.6 Å². The number of carbonyl (C=O) groups is 3. The quantitative estimate of drug-likeness (QED) is 0.568. The first kappa shape index (κ1) is 18.6. The molecular formula is C19H12ClFN4O4. The average molecular weight is 415 g/mol. The maximum atomic E-state index is 14.5. The Kier molecular flexibility index (Phi) is 4.51. The van der Waals surface area contributed by atoms with Crippen LogP contribution in [0, 0.1) is 5.82 Å². The third-order valence-electron chi connectivity index (χ3n) is 4.39. The first-order valence-electron chi connectivity index (χ1n) is 8.35. The van der Waals surface area contributed by atoms with E-state index in [9.17, 15) is 23.9 Å². The molecule has 1 atom stereocenters. The Balaban J connectivity index is 2.06. The monoisotopic (exact) mass is 414 g/mol. The van der Waals surface area contributed by atoms with Crippen molar-refractivity contribution in [3.8, 4) is 16.9 Å². The second-order valence-corrected chi connectivity index (χ2v) is 6.62. The number of rotatable bonds is 4. The zero-order valence-electron chi connectivity index (χ0n) is 14.5. The van der Waals surface area contributed by atoms with E-state index in [0.717, 1.165) is 4.68 Å². The predicted octanol–water partition coefficient (Wildman–Crippen LogP) is 2.91. The molecular weight excluding hydrogens is 403 g/mol. The minimum atomic E-state index is -1.43. The molecule has 1 fully saturated rings. The van der Waals surface area contributed by atoms with Gasteiger partial charge in [-0.3, -0.25) is 10.1 Å². The molecule has 1 aromatic heterocycles. The van der Waals surface area contributed by atoms with Crippen molar-refractivity contribution in [2.45, 2.75) is 6.04 Å². The van der Waals surface area contributed by atoms with Crippen molar-refractivity contribution in [1.82, 2.24) is 20.4 Å². The van der Waals surface area contributed by atoms with Crippen LogP contribution in [0.15, 0.2) is 48.5 Å². The maximum Gasteiger partial charge on any atom is 0.356 e. The molecule has 8 nitrogen and oxygen atoms in total. The van der Waals surface area contributed by atoms with E-state index < -0.39 is 35.5 Å². The third-order valence-corrected chi connectivity index (χ3v) is 4.64. The molecule has 4 rings (SSSR count). The van der Waals surface area contributed by atoms with E-state index in [1.807, 2.05) is 0 Å². The lowest BCUT2D eigenvalue weighted by Crippen LogP contribution is -2.22. The van der Waals surface area contributed by atoms with Crippen LogP contribution in [0.2, 0.25) is 5.02 Å². The predicted molar refractivity (Wildman–Crippen MR) is 100 cm³/mol. The fraction of sp³-hybridized carbons (Fsp3) is 0.0526. The van der Waals surface area contributed by atoms with Gasteiger partial charge in [-0.05, 0) is 24.3 Å². The van der Waals surface area contributed by atoms with Gasteiger partial charge in [-0.25, -0.2) is 18.7 Å². The molecule has 3 N–H and O–H groups in total. The van der Waals surface area contributed by atoms with Crippen LogP contribution in [0.25, 0.3) is 16.9 Å². The molecule has 1 aliphatic heterocycles. The zero-order chi connectivity index (χ0) is 20.7. The first-order valence-corrected chi connectivity index (χ1v) is 8.73. The number of carboxylic acids is 1. The van der Waals surface area contributed by atoms with Crippen molar-refractivity contribution >= 4 is 29.5 Å². The van der Waals surface area contributed by atoms with Crippen molar-refractivity contribution < 1.29 is 23.9 Å². The molecule has 1 saturated heterocycles. The Bertz CT molecular complexity index is 1160. The Morgan fingerprint density at radius 2 is 1.83 bits per heavy atom. The van der Waals surface area contributed by atoms with Gasteiger partial charge in [0.15, 0.2) is 5.69 Å². The second-order valence-electron chi connectivity index (χ2n) is 6.18. The number of urea groups is 1. The Morgan fingerprint density at radius 1 is 1.14 bits per heavy atom. The number of aromatic carboxylic acids is 1. The van der Waals surface area contributed by atoms with E-state index in [1.54, 1.807) is 30.3 Å². The number of hydrogen-bond acceptors (Lipinski definition) is 4. The van der Waals surface area contributed by atoms with Crippen molar-refractivity contribution in [3.63, 3.8) is 0 Å². The van der Waals surface area contributed by atoms with Gasteiger partial charge in [-0.15, -0.1) is 0 Å². The summed E-state index contributed by atoms with van der Waals surface area (Å²) >= 11 is 5.95. The largest absolute Gasteiger partial charge is 0.476 e. The highest BCUT2D eigenvalue weighted by molar-refractivity contribution is 6.30. The number of hydrogen-bond donors (Lipinski definition) is 3. The molecule has 146 valence electrons. The summed E-state index contributed by atoms with van der Waals surface area (Å²) in [6, 6.07) is 9.89. The van der Waals surface area contributed by atoms with Gasteiger partial charge in [-0.2, -0.15) is 5.10 Å². The smallest absolute Gasteiger partial charge is 0.356 e. The van der Waals surface area contributed by atoms with Gasteiger partial charge in [0.25, 0.3) is 5.91 Å². The molecule has 2 aromatic carbocycles. The molecule has 0 spiro atoms. The lowest BCUT2D eigenvalue weighted by Gasteiger charge is -2.13. The van der Waals surface area contributed by atoms with E-state index in [-0.39, 0.29) is 16.9 Å².